The number of hydrogen-bond acceptors (Lipinski definition) is 5. The number of amides is 1. The van der Waals surface area contributed by atoms with Crippen molar-refractivity contribution >= 4 is 15.7 Å². The molecule has 4 rings (SSSR count). The number of carbonyl (C=O) groups excluding carboxylic acids is 1. The fourth-order valence-corrected chi connectivity index (χ4v) is 6.40. The molecule has 7 heteroatoms. The number of hydrogen-bond donors (Lipinski definition) is 0. The number of benzene rings is 1. The quantitative estimate of drug-likeness (QED) is 0.549. The normalized spacial score (nSPS) is 24.6. The van der Waals surface area contributed by atoms with Gasteiger partial charge in [0.05, 0.1) is 18.1 Å². The molecule has 33 heavy (non-hydrogen) atoms. The van der Waals surface area contributed by atoms with Crippen LogP contribution in [0.1, 0.15) is 75.0 Å². The second-order valence-electron chi connectivity index (χ2n) is 10.1. The smallest absolute Gasteiger partial charge is 0.264 e. The van der Waals surface area contributed by atoms with Gasteiger partial charge in [0.15, 0.2) is 15.9 Å². The van der Waals surface area contributed by atoms with Gasteiger partial charge in [-0.3, -0.25) is 4.79 Å². The molecule has 1 aromatic carbocycles. The molecular weight excluding hydrogens is 438 g/mol. The van der Waals surface area contributed by atoms with E-state index in [1.807, 2.05) is 37.3 Å². The zero-order valence-corrected chi connectivity index (χ0v) is 21.0. The van der Waals surface area contributed by atoms with Crippen LogP contribution in [0.25, 0.3) is 0 Å². The Morgan fingerprint density at radius 2 is 1.94 bits per heavy atom. The number of nitrogens with zero attached hydrogens (tertiary/aromatic N) is 1. The highest BCUT2D eigenvalue weighted by Crippen LogP contribution is 2.47. The van der Waals surface area contributed by atoms with Gasteiger partial charge in [-0.05, 0) is 67.9 Å². The van der Waals surface area contributed by atoms with E-state index in [2.05, 4.69) is 20.8 Å². The number of furan rings is 1. The van der Waals surface area contributed by atoms with E-state index in [1.165, 1.54) is 0 Å². The van der Waals surface area contributed by atoms with Crippen LogP contribution in [0.15, 0.2) is 34.7 Å². The molecule has 6 nitrogen and oxygen atoms in total. The zero-order valence-electron chi connectivity index (χ0n) is 20.2. The Balaban J connectivity index is 1.55. The Kier molecular flexibility index (Phi) is 6.63. The molecular formula is C26H35NO5S. The van der Waals surface area contributed by atoms with E-state index in [9.17, 15) is 13.2 Å². The topological polar surface area (TPSA) is 76.8 Å². The Labute approximate surface area is 197 Å². The Hall–Kier alpha value is -2.28. The van der Waals surface area contributed by atoms with Crippen LogP contribution >= 0.6 is 0 Å². The third kappa shape index (κ3) is 5.45. The van der Waals surface area contributed by atoms with Crippen LogP contribution in [0, 0.1) is 12.8 Å². The molecule has 1 aromatic heterocycles. The standard InChI is InChI=1S/C26H35NO5S/c1-16(2)22-8-6-17(3)12-25(22)31-19(5)26(28)27(20-10-11-33(29,30)15-20)14-21-7-9-24(32-21)23-13-18(23)4/h6-9,12,16,18-20,23H,10-11,13-15H2,1-5H3. The average molecular weight is 474 g/mol. The van der Waals surface area contributed by atoms with Crippen molar-refractivity contribution in [3.05, 3.63) is 53.0 Å². The van der Waals surface area contributed by atoms with Gasteiger partial charge in [-0.2, -0.15) is 0 Å². The van der Waals surface area contributed by atoms with Crippen molar-refractivity contribution in [3.63, 3.8) is 0 Å². The predicted octanol–water partition coefficient (Wildman–Crippen LogP) is 4.82. The highest BCUT2D eigenvalue weighted by atomic mass is 32.2. The lowest BCUT2D eigenvalue weighted by atomic mass is 10.0. The summed E-state index contributed by atoms with van der Waals surface area (Å²) in [6.45, 7) is 10.4. The van der Waals surface area contributed by atoms with Crippen LogP contribution in [0.3, 0.4) is 0 Å². The maximum absolute atomic E-state index is 13.6. The summed E-state index contributed by atoms with van der Waals surface area (Å²) in [5, 5.41) is 0. The molecule has 0 bridgehead atoms. The summed E-state index contributed by atoms with van der Waals surface area (Å²) in [6, 6.07) is 9.56. The SMILES string of the molecule is Cc1ccc(C(C)C)c(OC(C)C(=O)N(Cc2ccc(C3CC3C)o2)C2CCS(=O)(=O)C2)c1. The van der Waals surface area contributed by atoms with E-state index in [1.54, 1.807) is 11.8 Å². The number of aryl methyl sites for hydroxylation is 1. The average Bonchev–Trinajstić information content (AvgIpc) is 3.12. The Morgan fingerprint density at radius 3 is 2.55 bits per heavy atom. The van der Waals surface area contributed by atoms with Gasteiger partial charge in [0.1, 0.15) is 17.3 Å². The highest BCUT2D eigenvalue weighted by molar-refractivity contribution is 7.91. The van der Waals surface area contributed by atoms with Crippen LogP contribution in [0.5, 0.6) is 5.75 Å². The fourth-order valence-electron chi connectivity index (χ4n) is 4.67. The number of rotatable bonds is 8. The van der Waals surface area contributed by atoms with Crippen LogP contribution in [-0.2, 0) is 21.2 Å². The molecule has 0 N–H and O–H groups in total. The van der Waals surface area contributed by atoms with Crippen molar-refractivity contribution in [1.82, 2.24) is 4.90 Å². The predicted molar refractivity (Wildman–Crippen MR) is 128 cm³/mol. The first kappa shape index (κ1) is 23.9. The van der Waals surface area contributed by atoms with Crippen LogP contribution < -0.4 is 4.74 Å². The van der Waals surface area contributed by atoms with E-state index in [0.717, 1.165) is 23.3 Å². The van der Waals surface area contributed by atoms with Crippen LogP contribution in [-0.4, -0.2) is 42.9 Å². The van der Waals surface area contributed by atoms with Crippen LogP contribution in [0.4, 0.5) is 0 Å². The van der Waals surface area contributed by atoms with E-state index in [0.29, 0.717) is 29.8 Å². The molecule has 0 radical (unpaired) electrons. The number of sulfone groups is 1. The largest absolute Gasteiger partial charge is 0.481 e. The molecule has 4 atom stereocenters. The Bertz CT molecular complexity index is 1120. The molecule has 0 spiro atoms. The van der Waals surface area contributed by atoms with Crippen molar-refractivity contribution in [3.8, 4) is 5.75 Å². The first-order valence-electron chi connectivity index (χ1n) is 11.9. The molecule has 1 saturated heterocycles. The van der Waals surface area contributed by atoms with E-state index >= 15 is 0 Å². The minimum Gasteiger partial charge on any atom is -0.481 e. The molecule has 1 amide bonds. The number of ether oxygens (including phenoxy) is 1. The van der Waals surface area contributed by atoms with Crippen molar-refractivity contribution in [2.24, 2.45) is 5.92 Å². The summed E-state index contributed by atoms with van der Waals surface area (Å²) in [6.07, 6.45) is 0.816. The molecule has 2 aliphatic rings. The molecule has 2 fully saturated rings. The van der Waals surface area contributed by atoms with E-state index < -0.39 is 15.9 Å². The molecule has 2 aromatic rings. The summed E-state index contributed by atoms with van der Waals surface area (Å²) in [5.74, 6) is 3.55. The van der Waals surface area contributed by atoms with Gasteiger partial charge in [-0.15, -0.1) is 0 Å². The summed E-state index contributed by atoms with van der Waals surface area (Å²) in [5.41, 5.74) is 2.11. The maximum Gasteiger partial charge on any atom is 0.264 e. The zero-order chi connectivity index (χ0) is 23.9. The first-order chi connectivity index (χ1) is 15.5. The minimum absolute atomic E-state index is 0.0135. The monoisotopic (exact) mass is 473 g/mol. The molecule has 180 valence electrons. The molecule has 2 heterocycles. The lowest BCUT2D eigenvalue weighted by molar-refractivity contribution is -0.141. The van der Waals surface area contributed by atoms with Gasteiger partial charge in [-0.25, -0.2) is 8.42 Å². The van der Waals surface area contributed by atoms with Gasteiger partial charge in [-0.1, -0.05) is 32.9 Å². The van der Waals surface area contributed by atoms with E-state index in [4.69, 9.17) is 9.15 Å². The third-order valence-electron chi connectivity index (χ3n) is 6.86. The van der Waals surface area contributed by atoms with Gasteiger partial charge in [0.2, 0.25) is 0 Å². The van der Waals surface area contributed by atoms with Gasteiger partial charge >= 0.3 is 0 Å². The number of carbonyl (C=O) groups is 1. The maximum atomic E-state index is 13.6. The molecule has 1 saturated carbocycles. The summed E-state index contributed by atoms with van der Waals surface area (Å²) in [4.78, 5) is 15.2. The molecule has 1 aliphatic carbocycles. The third-order valence-corrected chi connectivity index (χ3v) is 8.61. The summed E-state index contributed by atoms with van der Waals surface area (Å²) < 4.78 is 36.6. The van der Waals surface area contributed by atoms with Crippen molar-refractivity contribution in [1.29, 1.82) is 0 Å². The fraction of sp³-hybridized carbons (Fsp3) is 0.577. The second kappa shape index (κ2) is 9.16. The lowest BCUT2D eigenvalue weighted by Gasteiger charge is -2.30. The summed E-state index contributed by atoms with van der Waals surface area (Å²) in [7, 11) is -3.15. The van der Waals surface area contributed by atoms with Gasteiger partial charge in [0.25, 0.3) is 5.91 Å². The summed E-state index contributed by atoms with van der Waals surface area (Å²) >= 11 is 0. The van der Waals surface area contributed by atoms with Crippen molar-refractivity contribution < 1.29 is 22.4 Å². The van der Waals surface area contributed by atoms with Crippen molar-refractivity contribution in [2.75, 3.05) is 11.5 Å². The van der Waals surface area contributed by atoms with Crippen molar-refractivity contribution in [2.45, 2.75) is 78.0 Å². The van der Waals surface area contributed by atoms with Gasteiger partial charge < -0.3 is 14.1 Å². The van der Waals surface area contributed by atoms with Gasteiger partial charge in [0, 0.05) is 12.0 Å². The highest BCUT2D eigenvalue weighted by Gasteiger charge is 2.39. The molecule has 4 unspecified atom stereocenters. The first-order valence-corrected chi connectivity index (χ1v) is 13.7. The lowest BCUT2D eigenvalue weighted by Crippen LogP contribution is -2.46. The minimum atomic E-state index is -3.15. The Morgan fingerprint density at radius 1 is 1.21 bits per heavy atom. The van der Waals surface area contributed by atoms with Crippen LogP contribution in [0.2, 0.25) is 0 Å². The second-order valence-corrected chi connectivity index (χ2v) is 12.3. The van der Waals surface area contributed by atoms with E-state index in [-0.39, 0.29) is 35.9 Å². The molecule has 1 aliphatic heterocycles.